The van der Waals surface area contributed by atoms with Crippen LogP contribution in [0, 0.1) is 11.2 Å². The van der Waals surface area contributed by atoms with Crippen molar-refractivity contribution in [2.45, 2.75) is 33.3 Å². The number of aromatic nitrogens is 2. The zero-order chi connectivity index (χ0) is 18.6. The first-order valence-electron chi connectivity index (χ1n) is 9.16. The third kappa shape index (κ3) is 5.29. The summed E-state index contributed by atoms with van der Waals surface area (Å²) in [6.07, 6.45) is 0.628. The van der Waals surface area contributed by atoms with E-state index in [1.165, 1.54) is 6.07 Å². The molecule has 0 radical (unpaired) electrons. The Morgan fingerprint density at radius 2 is 2.15 bits per heavy atom. The molecule has 142 valence electrons. The van der Waals surface area contributed by atoms with Crippen LogP contribution in [0.25, 0.3) is 0 Å². The quantitative estimate of drug-likeness (QED) is 0.854. The molecular weight excluding hydrogens is 333 g/mol. The predicted molar refractivity (Wildman–Crippen MR) is 98.8 cm³/mol. The molecular formula is C20H28FN3O2. The number of aromatic amines is 1. The average Bonchev–Trinajstić information content (AvgIpc) is 3.04. The van der Waals surface area contributed by atoms with E-state index >= 15 is 0 Å². The molecule has 2 heterocycles. The largest absolute Gasteiger partial charge is 0.490 e. The van der Waals surface area contributed by atoms with Gasteiger partial charge in [-0.3, -0.25) is 10.00 Å². The first kappa shape index (κ1) is 18.9. The molecule has 1 aliphatic rings. The van der Waals surface area contributed by atoms with E-state index in [0.29, 0.717) is 13.0 Å². The lowest BCUT2D eigenvalue weighted by molar-refractivity contribution is -0.0407. The Labute approximate surface area is 154 Å². The third-order valence-corrected chi connectivity index (χ3v) is 4.29. The highest BCUT2D eigenvalue weighted by molar-refractivity contribution is 5.23. The van der Waals surface area contributed by atoms with E-state index < -0.39 is 0 Å². The molecule has 1 aliphatic heterocycles. The first-order valence-corrected chi connectivity index (χ1v) is 9.16. The summed E-state index contributed by atoms with van der Waals surface area (Å²) in [6, 6.07) is 8.46. The number of nitrogens with zero attached hydrogens (tertiary/aromatic N) is 2. The van der Waals surface area contributed by atoms with E-state index in [1.807, 2.05) is 6.07 Å². The van der Waals surface area contributed by atoms with Gasteiger partial charge >= 0.3 is 0 Å². The molecule has 1 unspecified atom stereocenters. The average molecular weight is 361 g/mol. The highest BCUT2D eigenvalue weighted by atomic mass is 19.1. The molecule has 6 heteroatoms. The maximum absolute atomic E-state index is 13.6. The number of ether oxygens (including phenoxy) is 2. The minimum Gasteiger partial charge on any atom is -0.490 e. The third-order valence-electron chi connectivity index (χ3n) is 4.29. The fourth-order valence-corrected chi connectivity index (χ4v) is 3.20. The Hall–Kier alpha value is -1.92. The van der Waals surface area contributed by atoms with E-state index in [4.69, 9.17) is 9.47 Å². The molecule has 0 amide bonds. The first-order chi connectivity index (χ1) is 12.4. The summed E-state index contributed by atoms with van der Waals surface area (Å²) in [6.45, 7) is 10.7. The molecule has 3 rings (SSSR count). The highest BCUT2D eigenvalue weighted by Crippen LogP contribution is 2.24. The summed E-state index contributed by atoms with van der Waals surface area (Å²) in [7, 11) is 0. The molecule has 1 aromatic carbocycles. The second-order valence-electron chi connectivity index (χ2n) is 8.00. The van der Waals surface area contributed by atoms with E-state index in [1.54, 1.807) is 18.2 Å². The van der Waals surface area contributed by atoms with Gasteiger partial charge in [-0.1, -0.05) is 32.9 Å². The van der Waals surface area contributed by atoms with Crippen LogP contribution < -0.4 is 4.74 Å². The van der Waals surface area contributed by atoms with Crippen molar-refractivity contribution in [3.63, 3.8) is 0 Å². The monoisotopic (exact) mass is 361 g/mol. The number of H-pyrrole nitrogens is 1. The van der Waals surface area contributed by atoms with Gasteiger partial charge in [0.2, 0.25) is 0 Å². The molecule has 0 aliphatic carbocycles. The van der Waals surface area contributed by atoms with Crippen LogP contribution in [0.3, 0.4) is 0 Å². The highest BCUT2D eigenvalue weighted by Gasteiger charge is 2.26. The fourth-order valence-electron chi connectivity index (χ4n) is 3.20. The van der Waals surface area contributed by atoms with Crippen LogP contribution in [0.15, 0.2) is 30.3 Å². The second kappa shape index (κ2) is 8.18. The Balaban J connectivity index is 1.52. The molecule has 0 saturated carbocycles. The SMILES string of the molecule is CC(C)(C)CN1CCOC(c2cc(CCOc3ccccc3F)[nH]n2)C1. The smallest absolute Gasteiger partial charge is 0.165 e. The molecule has 1 fully saturated rings. The summed E-state index contributed by atoms with van der Waals surface area (Å²) in [5.41, 5.74) is 2.15. The zero-order valence-corrected chi connectivity index (χ0v) is 15.8. The molecule has 1 atom stereocenters. The number of nitrogens with one attached hydrogen (secondary N) is 1. The van der Waals surface area contributed by atoms with Gasteiger partial charge in [0.25, 0.3) is 0 Å². The lowest BCUT2D eigenvalue weighted by Crippen LogP contribution is -2.42. The van der Waals surface area contributed by atoms with Crippen molar-refractivity contribution in [3.05, 3.63) is 47.5 Å². The zero-order valence-electron chi connectivity index (χ0n) is 15.8. The van der Waals surface area contributed by atoms with Crippen LogP contribution in [-0.2, 0) is 11.2 Å². The van der Waals surface area contributed by atoms with Crippen molar-refractivity contribution < 1.29 is 13.9 Å². The number of rotatable bonds is 6. The number of benzene rings is 1. The van der Waals surface area contributed by atoms with Crippen molar-refractivity contribution in [3.8, 4) is 5.75 Å². The van der Waals surface area contributed by atoms with Crippen LogP contribution in [0.2, 0.25) is 0 Å². The maximum atomic E-state index is 13.6. The van der Waals surface area contributed by atoms with E-state index in [9.17, 15) is 4.39 Å². The van der Waals surface area contributed by atoms with E-state index in [2.05, 4.69) is 35.9 Å². The number of halogens is 1. The number of hydrogen-bond donors (Lipinski definition) is 1. The fraction of sp³-hybridized carbons (Fsp3) is 0.550. The van der Waals surface area contributed by atoms with Crippen LogP contribution in [0.4, 0.5) is 4.39 Å². The molecule has 1 aromatic heterocycles. The van der Waals surface area contributed by atoms with Crippen LogP contribution in [0.1, 0.15) is 38.3 Å². The Kier molecular flexibility index (Phi) is 5.94. The van der Waals surface area contributed by atoms with Crippen molar-refractivity contribution in [2.75, 3.05) is 32.8 Å². The van der Waals surface area contributed by atoms with E-state index in [-0.39, 0.29) is 23.1 Å². The molecule has 2 aromatic rings. The normalized spacial score (nSPS) is 18.8. The minimum absolute atomic E-state index is 0.0106. The Morgan fingerprint density at radius 1 is 1.35 bits per heavy atom. The number of para-hydroxylation sites is 1. The van der Waals surface area contributed by atoms with Gasteiger partial charge in [-0.15, -0.1) is 0 Å². The minimum atomic E-state index is -0.340. The standard InChI is InChI=1S/C20H28FN3O2/c1-20(2,3)14-24-9-11-26-19(13-24)17-12-15(22-23-17)8-10-25-18-7-5-4-6-16(18)21/h4-7,12,19H,8-11,13-14H2,1-3H3,(H,22,23). The summed E-state index contributed by atoms with van der Waals surface area (Å²) >= 11 is 0. The molecule has 0 spiro atoms. The second-order valence-corrected chi connectivity index (χ2v) is 8.00. The Morgan fingerprint density at radius 3 is 2.92 bits per heavy atom. The molecule has 1 saturated heterocycles. The summed E-state index contributed by atoms with van der Waals surface area (Å²) in [5.74, 6) is -0.0620. The van der Waals surface area contributed by atoms with E-state index in [0.717, 1.165) is 37.6 Å². The van der Waals surface area contributed by atoms with Gasteiger partial charge in [0.1, 0.15) is 6.10 Å². The van der Waals surface area contributed by atoms with Gasteiger partial charge in [-0.05, 0) is 23.6 Å². The van der Waals surface area contributed by atoms with Crippen molar-refractivity contribution >= 4 is 0 Å². The predicted octanol–water partition coefficient (Wildman–Crippen LogP) is 3.59. The van der Waals surface area contributed by atoms with Gasteiger partial charge < -0.3 is 9.47 Å². The summed E-state index contributed by atoms with van der Waals surface area (Å²) in [5, 5.41) is 7.45. The van der Waals surface area contributed by atoms with Crippen LogP contribution in [-0.4, -0.2) is 47.9 Å². The molecule has 0 bridgehead atoms. The van der Waals surface area contributed by atoms with Crippen molar-refractivity contribution in [1.29, 1.82) is 0 Å². The number of morpholine rings is 1. The lowest BCUT2D eigenvalue weighted by Gasteiger charge is -2.36. The van der Waals surface area contributed by atoms with Crippen LogP contribution in [0.5, 0.6) is 5.75 Å². The molecule has 5 nitrogen and oxygen atoms in total. The summed E-state index contributed by atoms with van der Waals surface area (Å²) in [4.78, 5) is 2.43. The van der Waals surface area contributed by atoms with Crippen LogP contribution >= 0.6 is 0 Å². The van der Waals surface area contributed by atoms with Gasteiger partial charge in [0.15, 0.2) is 11.6 Å². The number of hydrogen-bond acceptors (Lipinski definition) is 4. The van der Waals surface area contributed by atoms with Gasteiger partial charge in [-0.25, -0.2) is 4.39 Å². The molecule has 1 N–H and O–H groups in total. The molecule has 26 heavy (non-hydrogen) atoms. The lowest BCUT2D eigenvalue weighted by atomic mass is 9.95. The van der Waals surface area contributed by atoms with Gasteiger partial charge in [0.05, 0.1) is 18.9 Å². The Bertz CT molecular complexity index is 711. The van der Waals surface area contributed by atoms with Gasteiger partial charge in [-0.2, -0.15) is 5.10 Å². The topological polar surface area (TPSA) is 50.4 Å². The maximum Gasteiger partial charge on any atom is 0.165 e. The van der Waals surface area contributed by atoms with Crippen molar-refractivity contribution in [2.24, 2.45) is 5.41 Å². The van der Waals surface area contributed by atoms with Crippen molar-refractivity contribution in [1.82, 2.24) is 15.1 Å². The van der Waals surface area contributed by atoms with Gasteiger partial charge in [0, 0.05) is 31.7 Å². The summed E-state index contributed by atoms with van der Waals surface area (Å²) < 4.78 is 25.0.